The van der Waals surface area contributed by atoms with Crippen molar-refractivity contribution in [3.63, 3.8) is 0 Å². The first-order valence-corrected chi connectivity index (χ1v) is 9.63. The van der Waals surface area contributed by atoms with E-state index in [1.165, 1.54) is 23.5 Å². The Morgan fingerprint density at radius 1 is 1.17 bits per heavy atom. The van der Waals surface area contributed by atoms with Gasteiger partial charge < -0.3 is 20.6 Å². The zero-order valence-electron chi connectivity index (χ0n) is 17.9. The van der Waals surface area contributed by atoms with Gasteiger partial charge in [0, 0.05) is 20.1 Å². The minimum Gasteiger partial charge on any atom is -0.650 e. The molecular weight excluding hydrogens is 365 g/mol. The molecule has 0 heterocycles. The molecule has 0 unspecified atom stereocenters. The minimum absolute atomic E-state index is 0. The molecule has 2 aromatic carbocycles. The number of phenols is 1. The number of aromatic hydroxyl groups is 1. The van der Waals surface area contributed by atoms with Gasteiger partial charge in [-0.05, 0) is 19.4 Å². The number of benzene rings is 1. The molecule has 152 valence electrons. The fourth-order valence-corrected chi connectivity index (χ4v) is 2.97. The summed E-state index contributed by atoms with van der Waals surface area (Å²) >= 11 is 0. The van der Waals surface area contributed by atoms with Crippen molar-refractivity contribution in [2.75, 3.05) is 19.4 Å². The average Bonchev–Trinajstić information content (AvgIpc) is 2.68. The van der Waals surface area contributed by atoms with Crippen LogP contribution >= 0.6 is 0 Å². The molecule has 0 aliphatic rings. The number of anilines is 1. The predicted molar refractivity (Wildman–Crippen MR) is 112 cm³/mol. The number of rotatable bonds is 10. The maximum atomic E-state index is 12.1. The Balaban J connectivity index is 0.00000420. The smallest absolute Gasteiger partial charge is 0.650 e. The molecule has 0 aromatic heterocycles. The molecular formula is C21H28LiN3O4. The molecule has 0 spiro atoms. The molecule has 29 heavy (non-hydrogen) atoms. The van der Waals surface area contributed by atoms with Crippen molar-refractivity contribution in [1.29, 1.82) is 0 Å². The molecule has 2 N–H and O–H groups in total. The summed E-state index contributed by atoms with van der Waals surface area (Å²) in [5.74, 6) is -0.689. The van der Waals surface area contributed by atoms with Crippen LogP contribution in [0.3, 0.4) is 0 Å². The van der Waals surface area contributed by atoms with Crippen molar-refractivity contribution in [1.82, 2.24) is 4.90 Å². The molecule has 0 aliphatic carbocycles. The summed E-state index contributed by atoms with van der Waals surface area (Å²) in [6, 6.07) is 4.58. The van der Waals surface area contributed by atoms with Gasteiger partial charge in [0.15, 0.2) is 0 Å². The summed E-state index contributed by atoms with van der Waals surface area (Å²) in [5.41, 5.74) is -0.947. The Hall–Kier alpha value is -2.23. The first kappa shape index (κ1) is 24.8. The third-order valence-corrected chi connectivity index (χ3v) is 4.65. The van der Waals surface area contributed by atoms with Gasteiger partial charge in [0.25, 0.3) is 5.91 Å². The monoisotopic (exact) mass is 393 g/mol. The normalized spacial score (nSPS) is 11.6. The first-order valence-electron chi connectivity index (χ1n) is 9.63. The molecule has 0 bridgehead atoms. The van der Waals surface area contributed by atoms with Crippen molar-refractivity contribution in [3.8, 4) is 5.75 Å². The number of carbonyl (C=O) groups is 1. The van der Waals surface area contributed by atoms with Crippen molar-refractivity contribution >= 4 is 23.0 Å². The zero-order chi connectivity index (χ0) is 20.8. The third-order valence-electron chi connectivity index (χ3n) is 4.65. The number of carbonyl (C=O) groups excluding carboxylic acids is 1. The van der Waals surface area contributed by atoms with Crippen molar-refractivity contribution < 1.29 is 28.8 Å². The zero-order valence-corrected chi connectivity index (χ0v) is 17.9. The molecule has 0 aliphatic heterocycles. The Morgan fingerprint density at radius 3 is 2.48 bits per heavy atom. The van der Waals surface area contributed by atoms with Crippen LogP contribution in [0.4, 0.5) is 17.1 Å². The Morgan fingerprint density at radius 2 is 1.86 bits per heavy atom. The van der Waals surface area contributed by atoms with E-state index >= 15 is 0 Å². The van der Waals surface area contributed by atoms with E-state index in [9.17, 15) is 19.5 Å². The van der Waals surface area contributed by atoms with Gasteiger partial charge in [0.05, 0.1) is 11.3 Å². The second kappa shape index (κ2) is 11.1. The number of nitrogens with one attached hydrogen (secondary N) is 1. The Labute approximate surface area is 183 Å². The van der Waals surface area contributed by atoms with Crippen LogP contribution in [0.25, 0.3) is 5.32 Å². The molecule has 7 nitrogen and oxygen atoms in total. The summed E-state index contributed by atoms with van der Waals surface area (Å²) < 4.78 is 0. The van der Waals surface area contributed by atoms with Gasteiger partial charge in [-0.1, -0.05) is 56.1 Å². The quantitative estimate of drug-likeness (QED) is 0.353. The summed E-state index contributed by atoms with van der Waals surface area (Å²) in [6.45, 7) is 4.11. The standard InChI is InChI=1S/C21H29N3O4.Li/c1-5-6-7-8-10-13(2)22-16-17(20(27)19(16)26)23-15-12-9-11-14(18(15)25)21(28)24(3)4;/h9,11-13H,5-8,10H2,1-4H3,(H3,22,23,25,26,27,28);/q;+1/p-1/t13-;/m0./s1. The van der Waals surface area contributed by atoms with Gasteiger partial charge >= 0.3 is 18.9 Å². The Bertz CT molecular complexity index is 904. The van der Waals surface area contributed by atoms with E-state index in [0.717, 1.165) is 25.7 Å². The average molecular weight is 393 g/mol. The number of nitrogens with zero attached hydrogens (tertiary/aromatic N) is 2. The largest absolute Gasteiger partial charge is 1.00 e. The van der Waals surface area contributed by atoms with Gasteiger partial charge in [-0.25, -0.2) is 0 Å². The first-order chi connectivity index (χ1) is 13.3. The fraction of sp³-hybridized carbons (Fsp3) is 0.476. The molecule has 0 saturated heterocycles. The maximum absolute atomic E-state index is 12.1. The molecule has 1 amide bonds. The second-order valence-electron chi connectivity index (χ2n) is 7.26. The summed E-state index contributed by atoms with van der Waals surface area (Å²) in [4.78, 5) is 37.4. The number of hydrogen-bond acceptors (Lipinski definition) is 5. The molecule has 2 rings (SSSR count). The SMILES string of the molecule is CCCCCC[C@H](C)Nc1c([N-]c2cccc(C(=O)N(C)C)c2O)c(=O)c1=O.[Li+]. The Kier molecular flexibility index (Phi) is 9.48. The van der Waals surface area contributed by atoms with E-state index in [-0.39, 0.29) is 59.2 Å². The minimum atomic E-state index is -0.690. The molecule has 0 saturated carbocycles. The maximum Gasteiger partial charge on any atom is 1.00 e. The van der Waals surface area contributed by atoms with Crippen LogP contribution in [0, 0.1) is 0 Å². The van der Waals surface area contributed by atoms with Crippen LogP contribution < -0.4 is 35.0 Å². The van der Waals surface area contributed by atoms with Gasteiger partial charge in [0.2, 0.25) is 10.9 Å². The fourth-order valence-electron chi connectivity index (χ4n) is 2.97. The van der Waals surface area contributed by atoms with E-state index in [1.807, 2.05) is 6.92 Å². The van der Waals surface area contributed by atoms with Crippen LogP contribution in [0.15, 0.2) is 27.8 Å². The van der Waals surface area contributed by atoms with Gasteiger partial charge in [-0.2, -0.15) is 0 Å². The van der Waals surface area contributed by atoms with Crippen molar-refractivity contribution in [2.24, 2.45) is 0 Å². The van der Waals surface area contributed by atoms with Gasteiger partial charge in [0.1, 0.15) is 5.75 Å². The van der Waals surface area contributed by atoms with E-state index in [2.05, 4.69) is 17.6 Å². The number of amides is 1. The summed E-state index contributed by atoms with van der Waals surface area (Å²) in [5, 5.41) is 17.6. The molecule has 8 heteroatoms. The van der Waals surface area contributed by atoms with Crippen LogP contribution in [0.2, 0.25) is 0 Å². The topological polar surface area (TPSA) is 101 Å². The van der Waals surface area contributed by atoms with Crippen LogP contribution in [0.1, 0.15) is 56.3 Å². The van der Waals surface area contributed by atoms with Crippen LogP contribution in [-0.4, -0.2) is 36.1 Å². The summed E-state index contributed by atoms with van der Waals surface area (Å²) in [6.07, 6.45) is 5.39. The number of unbranched alkanes of at least 4 members (excludes halogenated alkanes) is 3. The van der Waals surface area contributed by atoms with E-state index < -0.39 is 10.9 Å². The third kappa shape index (κ3) is 5.88. The van der Waals surface area contributed by atoms with E-state index in [0.29, 0.717) is 0 Å². The van der Waals surface area contributed by atoms with E-state index in [1.54, 1.807) is 20.2 Å². The molecule has 1 atom stereocenters. The van der Waals surface area contributed by atoms with Crippen molar-refractivity contribution in [3.05, 3.63) is 49.5 Å². The van der Waals surface area contributed by atoms with Gasteiger partial charge in [-0.15, -0.1) is 0 Å². The number of hydrogen-bond donors (Lipinski definition) is 2. The van der Waals surface area contributed by atoms with Crippen LogP contribution in [0.5, 0.6) is 5.75 Å². The molecule has 2 aromatic rings. The number of para-hydroxylation sites is 1. The van der Waals surface area contributed by atoms with E-state index in [4.69, 9.17) is 0 Å². The predicted octanol–water partition coefficient (Wildman–Crippen LogP) is 0.802. The summed E-state index contributed by atoms with van der Waals surface area (Å²) in [7, 11) is 3.15. The van der Waals surface area contributed by atoms with Crippen molar-refractivity contribution in [2.45, 2.75) is 52.0 Å². The second-order valence-corrected chi connectivity index (χ2v) is 7.26. The molecule has 0 fully saturated rings. The molecule has 0 radical (unpaired) electrons. The number of phenolic OH excluding ortho intramolecular Hbond substituents is 1. The van der Waals surface area contributed by atoms with Crippen LogP contribution in [-0.2, 0) is 0 Å². The van der Waals surface area contributed by atoms with Gasteiger partial charge in [-0.3, -0.25) is 14.4 Å².